The Bertz CT molecular complexity index is 481. The summed E-state index contributed by atoms with van der Waals surface area (Å²) in [6.45, 7) is 8.30. The van der Waals surface area contributed by atoms with Gasteiger partial charge in [0, 0.05) is 12.3 Å². The number of sulfone groups is 1. The van der Waals surface area contributed by atoms with E-state index in [0.29, 0.717) is 12.4 Å². The van der Waals surface area contributed by atoms with Crippen LogP contribution in [0.3, 0.4) is 0 Å². The average Bonchev–Trinajstić information content (AvgIpc) is 2.72. The van der Waals surface area contributed by atoms with Gasteiger partial charge in [-0.3, -0.25) is 0 Å². The quantitative estimate of drug-likeness (QED) is 0.835. The third kappa shape index (κ3) is 3.29. The van der Waals surface area contributed by atoms with Gasteiger partial charge in [0.2, 0.25) is 0 Å². The van der Waals surface area contributed by atoms with E-state index in [0.717, 1.165) is 0 Å². The standard InChI is InChI=1S/C11H22N4O2S/c1-6-12-10(9(4)18(5,16)17)11-13-7-14-15(11)8(2)3/h7-10,12H,6H2,1-5H3. The van der Waals surface area contributed by atoms with Gasteiger partial charge < -0.3 is 5.32 Å². The summed E-state index contributed by atoms with van der Waals surface area (Å²) < 4.78 is 25.2. The van der Waals surface area contributed by atoms with E-state index in [1.165, 1.54) is 12.6 Å². The number of nitrogens with zero attached hydrogens (tertiary/aromatic N) is 3. The number of aromatic nitrogens is 3. The van der Waals surface area contributed by atoms with Gasteiger partial charge in [0.1, 0.15) is 12.2 Å². The van der Waals surface area contributed by atoms with E-state index < -0.39 is 15.1 Å². The maximum atomic E-state index is 11.7. The summed E-state index contributed by atoms with van der Waals surface area (Å²) in [6.07, 6.45) is 2.72. The van der Waals surface area contributed by atoms with Gasteiger partial charge in [0.25, 0.3) is 0 Å². The van der Waals surface area contributed by atoms with Gasteiger partial charge in [-0.2, -0.15) is 5.10 Å². The molecule has 1 aromatic rings. The number of rotatable bonds is 6. The van der Waals surface area contributed by atoms with Gasteiger partial charge in [0.15, 0.2) is 9.84 Å². The molecule has 0 amide bonds. The highest BCUT2D eigenvalue weighted by Gasteiger charge is 2.30. The normalized spacial score (nSPS) is 15.9. The molecular formula is C11H22N4O2S. The Morgan fingerprint density at radius 3 is 2.44 bits per heavy atom. The molecule has 1 N–H and O–H groups in total. The van der Waals surface area contributed by atoms with Crippen molar-refractivity contribution in [3.8, 4) is 0 Å². The van der Waals surface area contributed by atoms with Crippen LogP contribution in [0, 0.1) is 0 Å². The zero-order valence-electron chi connectivity index (χ0n) is 11.6. The second-order valence-electron chi connectivity index (χ2n) is 4.73. The molecule has 1 rings (SSSR count). The van der Waals surface area contributed by atoms with Crippen molar-refractivity contribution in [1.82, 2.24) is 20.1 Å². The first-order chi connectivity index (χ1) is 8.29. The van der Waals surface area contributed by atoms with E-state index in [1.54, 1.807) is 11.6 Å². The lowest BCUT2D eigenvalue weighted by Gasteiger charge is -2.24. The Morgan fingerprint density at radius 2 is 2.00 bits per heavy atom. The molecule has 1 aromatic heterocycles. The molecule has 0 aliphatic rings. The SMILES string of the molecule is CCNC(c1ncnn1C(C)C)C(C)S(C)(=O)=O. The van der Waals surface area contributed by atoms with Gasteiger partial charge in [-0.25, -0.2) is 18.1 Å². The van der Waals surface area contributed by atoms with E-state index in [4.69, 9.17) is 0 Å². The van der Waals surface area contributed by atoms with Crippen LogP contribution >= 0.6 is 0 Å². The summed E-state index contributed by atoms with van der Waals surface area (Å²) in [5.74, 6) is 0.671. The summed E-state index contributed by atoms with van der Waals surface area (Å²) in [5, 5.41) is 6.80. The summed E-state index contributed by atoms with van der Waals surface area (Å²) in [4.78, 5) is 4.22. The van der Waals surface area contributed by atoms with E-state index in [-0.39, 0.29) is 12.1 Å². The van der Waals surface area contributed by atoms with Crippen molar-refractivity contribution in [1.29, 1.82) is 0 Å². The molecule has 0 aromatic carbocycles. The summed E-state index contributed by atoms with van der Waals surface area (Å²) in [5.41, 5.74) is 0. The Morgan fingerprint density at radius 1 is 1.39 bits per heavy atom. The van der Waals surface area contributed by atoms with Crippen LogP contribution in [-0.2, 0) is 9.84 Å². The third-order valence-corrected chi connectivity index (χ3v) is 4.56. The molecule has 2 atom stereocenters. The topological polar surface area (TPSA) is 76.9 Å². The molecule has 7 heteroatoms. The van der Waals surface area contributed by atoms with E-state index in [2.05, 4.69) is 15.4 Å². The van der Waals surface area contributed by atoms with E-state index >= 15 is 0 Å². The molecule has 0 saturated carbocycles. The van der Waals surface area contributed by atoms with Crippen molar-refractivity contribution >= 4 is 9.84 Å². The summed E-state index contributed by atoms with van der Waals surface area (Å²) in [7, 11) is -3.14. The molecule has 2 unspecified atom stereocenters. The lowest BCUT2D eigenvalue weighted by atomic mass is 10.2. The Labute approximate surface area is 109 Å². The fourth-order valence-electron chi connectivity index (χ4n) is 1.81. The van der Waals surface area contributed by atoms with Crippen molar-refractivity contribution in [3.05, 3.63) is 12.2 Å². The summed E-state index contributed by atoms with van der Waals surface area (Å²) >= 11 is 0. The predicted molar refractivity (Wildman–Crippen MR) is 71.1 cm³/mol. The van der Waals surface area contributed by atoms with Crippen LogP contribution in [-0.4, -0.2) is 41.2 Å². The maximum absolute atomic E-state index is 11.7. The first kappa shape index (κ1) is 15.1. The average molecular weight is 274 g/mol. The van der Waals surface area contributed by atoms with Gasteiger partial charge >= 0.3 is 0 Å². The van der Waals surface area contributed by atoms with Crippen molar-refractivity contribution in [3.63, 3.8) is 0 Å². The molecule has 1 heterocycles. The molecule has 0 aliphatic carbocycles. The lowest BCUT2D eigenvalue weighted by molar-refractivity contribution is 0.430. The monoisotopic (exact) mass is 274 g/mol. The zero-order valence-corrected chi connectivity index (χ0v) is 12.4. The minimum absolute atomic E-state index is 0.149. The Hall–Kier alpha value is -0.950. The van der Waals surface area contributed by atoms with Gasteiger partial charge in [-0.1, -0.05) is 6.92 Å². The maximum Gasteiger partial charge on any atom is 0.152 e. The van der Waals surface area contributed by atoms with Crippen LogP contribution in [0.5, 0.6) is 0 Å². The molecule has 0 saturated heterocycles. The molecular weight excluding hydrogens is 252 g/mol. The number of nitrogens with one attached hydrogen (secondary N) is 1. The first-order valence-corrected chi connectivity index (χ1v) is 8.06. The van der Waals surface area contributed by atoms with Crippen molar-refractivity contribution in [2.75, 3.05) is 12.8 Å². The lowest BCUT2D eigenvalue weighted by Crippen LogP contribution is -2.37. The van der Waals surface area contributed by atoms with Crippen LogP contribution in [0.4, 0.5) is 0 Å². The molecule has 18 heavy (non-hydrogen) atoms. The van der Waals surface area contributed by atoms with E-state index in [9.17, 15) is 8.42 Å². The number of hydrogen-bond donors (Lipinski definition) is 1. The van der Waals surface area contributed by atoms with Crippen LogP contribution in [0.15, 0.2) is 6.33 Å². The largest absolute Gasteiger partial charge is 0.307 e. The van der Waals surface area contributed by atoms with Crippen LogP contribution in [0.2, 0.25) is 0 Å². The van der Waals surface area contributed by atoms with Crippen LogP contribution in [0.25, 0.3) is 0 Å². The molecule has 0 fully saturated rings. The van der Waals surface area contributed by atoms with Crippen LogP contribution in [0.1, 0.15) is 45.6 Å². The minimum Gasteiger partial charge on any atom is -0.307 e. The van der Waals surface area contributed by atoms with Crippen molar-refractivity contribution in [2.45, 2.75) is 45.0 Å². The van der Waals surface area contributed by atoms with Gasteiger partial charge in [-0.15, -0.1) is 0 Å². The molecule has 0 bridgehead atoms. The fraction of sp³-hybridized carbons (Fsp3) is 0.818. The minimum atomic E-state index is -3.14. The molecule has 0 aliphatic heterocycles. The van der Waals surface area contributed by atoms with Gasteiger partial charge in [-0.05, 0) is 27.3 Å². The first-order valence-electron chi connectivity index (χ1n) is 6.10. The second-order valence-corrected chi connectivity index (χ2v) is 7.13. The zero-order chi connectivity index (χ0) is 13.9. The smallest absolute Gasteiger partial charge is 0.152 e. The highest BCUT2D eigenvalue weighted by atomic mass is 32.2. The fourth-order valence-corrected chi connectivity index (χ4v) is 2.53. The molecule has 104 valence electrons. The number of hydrogen-bond acceptors (Lipinski definition) is 5. The Balaban J connectivity index is 3.16. The predicted octanol–water partition coefficient (Wildman–Crippen LogP) is 0.943. The van der Waals surface area contributed by atoms with E-state index in [1.807, 2.05) is 20.8 Å². The highest BCUT2D eigenvalue weighted by Crippen LogP contribution is 2.21. The van der Waals surface area contributed by atoms with Crippen molar-refractivity contribution in [2.24, 2.45) is 0 Å². The third-order valence-electron chi connectivity index (χ3n) is 2.94. The summed E-state index contributed by atoms with van der Waals surface area (Å²) in [6, 6.07) is -0.190. The highest BCUT2D eigenvalue weighted by molar-refractivity contribution is 7.91. The molecule has 0 spiro atoms. The Kier molecular flexibility index (Phi) is 4.86. The molecule has 6 nitrogen and oxygen atoms in total. The second kappa shape index (κ2) is 5.79. The van der Waals surface area contributed by atoms with Crippen molar-refractivity contribution < 1.29 is 8.42 Å². The van der Waals surface area contributed by atoms with Crippen LogP contribution < -0.4 is 5.32 Å². The molecule has 0 radical (unpaired) electrons. The van der Waals surface area contributed by atoms with Gasteiger partial charge in [0.05, 0.1) is 11.3 Å².